The van der Waals surface area contributed by atoms with E-state index in [2.05, 4.69) is 26.3 Å². The fourth-order valence-electron chi connectivity index (χ4n) is 1.28. The number of carbonyl (C=O) groups is 1. The predicted octanol–water partition coefficient (Wildman–Crippen LogP) is 0.610. The lowest BCUT2D eigenvalue weighted by atomic mass is 10.2. The summed E-state index contributed by atoms with van der Waals surface area (Å²) in [5.74, 6) is -0.290. The fraction of sp³-hybridized carbons (Fsp3) is 0.500. The number of aromatic nitrogens is 2. The van der Waals surface area contributed by atoms with Crippen LogP contribution in [-0.4, -0.2) is 22.2 Å². The molecule has 7 heteroatoms. The largest absolute Gasteiger partial charge is 0.383 e. The van der Waals surface area contributed by atoms with Gasteiger partial charge in [-0.05, 0) is 28.8 Å². The lowest BCUT2D eigenvalue weighted by Crippen LogP contribution is -2.21. The number of hydrogen-bond acceptors (Lipinski definition) is 4. The van der Waals surface area contributed by atoms with Crippen LogP contribution < -0.4 is 16.6 Å². The number of aryl methyl sites for hydroxylation is 1. The van der Waals surface area contributed by atoms with Crippen molar-refractivity contribution in [2.75, 3.05) is 11.9 Å². The molecule has 0 radical (unpaired) electrons. The van der Waals surface area contributed by atoms with Gasteiger partial charge >= 0.3 is 0 Å². The molecular weight excluding hydrogens is 288 g/mol. The number of amides is 1. The zero-order chi connectivity index (χ0) is 12.8. The smallest absolute Gasteiger partial charge is 0.282 e. The molecule has 0 atom stereocenters. The second kappa shape index (κ2) is 6.39. The number of hydrogen-bond donors (Lipinski definition) is 2. The molecule has 1 aromatic rings. The lowest BCUT2D eigenvalue weighted by molar-refractivity contribution is -0.118. The molecular formula is C10H15BrN4O2. The van der Waals surface area contributed by atoms with E-state index in [4.69, 9.17) is 5.73 Å². The van der Waals surface area contributed by atoms with Crippen molar-refractivity contribution in [3.63, 3.8) is 0 Å². The van der Waals surface area contributed by atoms with E-state index in [1.807, 2.05) is 0 Å². The Balaban J connectivity index is 2.45. The van der Waals surface area contributed by atoms with Crippen LogP contribution in [-0.2, 0) is 11.8 Å². The van der Waals surface area contributed by atoms with Gasteiger partial charge in [-0.1, -0.05) is 0 Å². The monoisotopic (exact) mass is 302 g/mol. The molecule has 1 aromatic heterocycles. The molecule has 3 N–H and O–H groups in total. The minimum atomic E-state index is -0.290. The molecule has 94 valence electrons. The molecule has 17 heavy (non-hydrogen) atoms. The Morgan fingerprint density at radius 3 is 2.94 bits per heavy atom. The highest BCUT2D eigenvalue weighted by molar-refractivity contribution is 9.10. The van der Waals surface area contributed by atoms with Crippen LogP contribution in [0.25, 0.3) is 0 Å². The Morgan fingerprint density at radius 2 is 2.29 bits per heavy atom. The third kappa shape index (κ3) is 4.18. The first-order valence-corrected chi connectivity index (χ1v) is 6.05. The summed E-state index contributed by atoms with van der Waals surface area (Å²) < 4.78 is 1.72. The van der Waals surface area contributed by atoms with Crippen molar-refractivity contribution in [3.8, 4) is 0 Å². The van der Waals surface area contributed by atoms with E-state index in [0.717, 1.165) is 12.8 Å². The molecule has 0 aromatic carbocycles. The second-order valence-corrected chi connectivity index (χ2v) is 4.44. The molecule has 1 heterocycles. The first-order chi connectivity index (χ1) is 8.02. The summed E-state index contributed by atoms with van der Waals surface area (Å²) in [5.41, 5.74) is 5.50. The zero-order valence-corrected chi connectivity index (χ0v) is 11.2. The van der Waals surface area contributed by atoms with Gasteiger partial charge in [-0.25, -0.2) is 4.68 Å². The Kier molecular flexibility index (Phi) is 5.14. The SMILES string of the molecule is Cn1ncc(NCCCCC(N)=O)c(Br)c1=O. The van der Waals surface area contributed by atoms with E-state index < -0.39 is 0 Å². The van der Waals surface area contributed by atoms with E-state index in [1.165, 1.54) is 4.68 Å². The average Bonchev–Trinajstić information content (AvgIpc) is 2.28. The summed E-state index contributed by atoms with van der Waals surface area (Å²) in [7, 11) is 1.59. The van der Waals surface area contributed by atoms with Gasteiger partial charge in [-0.2, -0.15) is 5.10 Å². The van der Waals surface area contributed by atoms with Gasteiger partial charge in [-0.3, -0.25) is 9.59 Å². The van der Waals surface area contributed by atoms with Gasteiger partial charge < -0.3 is 11.1 Å². The van der Waals surface area contributed by atoms with Crippen molar-refractivity contribution in [3.05, 3.63) is 21.0 Å². The minimum Gasteiger partial charge on any atom is -0.383 e. The number of anilines is 1. The van der Waals surface area contributed by atoms with Crippen molar-refractivity contribution in [2.24, 2.45) is 12.8 Å². The number of nitrogens with one attached hydrogen (secondary N) is 1. The summed E-state index contributed by atoms with van der Waals surface area (Å²) in [6, 6.07) is 0. The highest BCUT2D eigenvalue weighted by Gasteiger charge is 2.05. The van der Waals surface area contributed by atoms with Crippen molar-refractivity contribution >= 4 is 27.5 Å². The maximum Gasteiger partial charge on any atom is 0.282 e. The van der Waals surface area contributed by atoms with Crippen LogP contribution >= 0.6 is 15.9 Å². The summed E-state index contributed by atoms with van der Waals surface area (Å²) in [6.07, 6.45) is 3.51. The number of nitrogens with two attached hydrogens (primary N) is 1. The molecule has 1 amide bonds. The standard InChI is InChI=1S/C10H15BrN4O2/c1-15-10(17)9(11)7(6-14-15)13-5-3-2-4-8(12)16/h6,13H,2-5H2,1H3,(H2,12,16). The Bertz CT molecular complexity index is 458. The van der Waals surface area contributed by atoms with E-state index in [1.54, 1.807) is 13.2 Å². The molecule has 0 saturated carbocycles. The van der Waals surface area contributed by atoms with E-state index >= 15 is 0 Å². The van der Waals surface area contributed by atoms with Crippen LogP contribution in [0.2, 0.25) is 0 Å². The molecule has 0 aliphatic carbocycles. The number of rotatable bonds is 6. The maximum atomic E-state index is 11.5. The maximum absolute atomic E-state index is 11.5. The first-order valence-electron chi connectivity index (χ1n) is 5.26. The Hall–Kier alpha value is -1.37. The summed E-state index contributed by atoms with van der Waals surface area (Å²) in [6.45, 7) is 0.667. The molecule has 0 bridgehead atoms. The highest BCUT2D eigenvalue weighted by Crippen LogP contribution is 2.15. The average molecular weight is 303 g/mol. The molecule has 0 saturated heterocycles. The van der Waals surface area contributed by atoms with Gasteiger partial charge in [0.2, 0.25) is 5.91 Å². The van der Waals surface area contributed by atoms with Crippen molar-refractivity contribution in [1.29, 1.82) is 0 Å². The van der Waals surface area contributed by atoms with Gasteiger partial charge in [0.05, 0.1) is 11.9 Å². The van der Waals surface area contributed by atoms with Crippen LogP contribution in [0.5, 0.6) is 0 Å². The van der Waals surface area contributed by atoms with Gasteiger partial charge in [0.15, 0.2) is 0 Å². The van der Waals surface area contributed by atoms with Crippen LogP contribution in [0.1, 0.15) is 19.3 Å². The van der Waals surface area contributed by atoms with Crippen molar-refractivity contribution < 1.29 is 4.79 Å². The summed E-state index contributed by atoms with van der Waals surface area (Å²) >= 11 is 3.21. The molecule has 0 aliphatic rings. The molecule has 0 spiro atoms. The minimum absolute atomic E-state index is 0.188. The first kappa shape index (κ1) is 13.7. The topological polar surface area (TPSA) is 90.0 Å². The second-order valence-electron chi connectivity index (χ2n) is 3.65. The number of primary amides is 1. The van der Waals surface area contributed by atoms with E-state index in [-0.39, 0.29) is 11.5 Å². The van der Waals surface area contributed by atoms with Crippen LogP contribution in [0.3, 0.4) is 0 Å². The predicted molar refractivity (Wildman–Crippen MR) is 68.7 cm³/mol. The number of nitrogens with zero attached hydrogens (tertiary/aromatic N) is 2. The lowest BCUT2D eigenvalue weighted by Gasteiger charge is -2.07. The molecule has 1 rings (SSSR count). The van der Waals surface area contributed by atoms with Crippen LogP contribution in [0.4, 0.5) is 5.69 Å². The Labute approximate surface area is 107 Å². The van der Waals surface area contributed by atoms with Gasteiger partial charge in [0, 0.05) is 20.0 Å². The Morgan fingerprint density at radius 1 is 1.59 bits per heavy atom. The van der Waals surface area contributed by atoms with E-state index in [0.29, 0.717) is 23.1 Å². The summed E-state index contributed by atoms with van der Waals surface area (Å²) in [5, 5.41) is 6.98. The quantitative estimate of drug-likeness (QED) is 0.753. The number of halogens is 1. The molecule has 0 unspecified atom stereocenters. The molecule has 6 nitrogen and oxygen atoms in total. The number of unbranched alkanes of at least 4 members (excludes halogenated alkanes) is 1. The molecule has 0 fully saturated rings. The van der Waals surface area contributed by atoms with Crippen LogP contribution in [0.15, 0.2) is 15.5 Å². The highest BCUT2D eigenvalue weighted by atomic mass is 79.9. The molecule has 0 aliphatic heterocycles. The van der Waals surface area contributed by atoms with Gasteiger partial charge in [0.25, 0.3) is 5.56 Å². The normalized spacial score (nSPS) is 10.2. The third-order valence-corrected chi connectivity index (χ3v) is 3.01. The van der Waals surface area contributed by atoms with Crippen LogP contribution in [0, 0.1) is 0 Å². The van der Waals surface area contributed by atoms with Gasteiger partial charge in [-0.15, -0.1) is 0 Å². The van der Waals surface area contributed by atoms with E-state index in [9.17, 15) is 9.59 Å². The zero-order valence-electron chi connectivity index (χ0n) is 9.57. The van der Waals surface area contributed by atoms with Crippen molar-refractivity contribution in [1.82, 2.24) is 9.78 Å². The number of carbonyl (C=O) groups excluding carboxylic acids is 1. The van der Waals surface area contributed by atoms with Gasteiger partial charge in [0.1, 0.15) is 4.47 Å². The van der Waals surface area contributed by atoms with Crippen molar-refractivity contribution in [2.45, 2.75) is 19.3 Å². The third-order valence-electron chi connectivity index (χ3n) is 2.24. The summed E-state index contributed by atoms with van der Waals surface area (Å²) in [4.78, 5) is 22.0. The fourth-order valence-corrected chi connectivity index (χ4v) is 1.78.